The molecule has 0 saturated carbocycles. The molecule has 4 nitrogen and oxygen atoms in total. The lowest BCUT2D eigenvalue weighted by atomic mass is 9.95. The average molecular weight is 320 g/mol. The summed E-state index contributed by atoms with van der Waals surface area (Å²) in [5.74, 6) is 0. The Morgan fingerprint density at radius 2 is 1.74 bits per heavy atom. The van der Waals surface area contributed by atoms with Gasteiger partial charge in [0.25, 0.3) is 0 Å². The van der Waals surface area contributed by atoms with Gasteiger partial charge in [0, 0.05) is 25.7 Å². The van der Waals surface area contributed by atoms with Crippen LogP contribution >= 0.6 is 0 Å². The number of fused-ring (bicyclic) bond motifs is 2. The summed E-state index contributed by atoms with van der Waals surface area (Å²) < 4.78 is 1.18. The van der Waals surface area contributed by atoms with Gasteiger partial charge in [0.1, 0.15) is 12.2 Å². The highest BCUT2D eigenvalue weighted by molar-refractivity contribution is 5.17. The van der Waals surface area contributed by atoms with Gasteiger partial charge in [0.15, 0.2) is 0 Å². The summed E-state index contributed by atoms with van der Waals surface area (Å²) in [5, 5.41) is 9.57. The van der Waals surface area contributed by atoms with Crippen molar-refractivity contribution >= 4 is 0 Å². The molecule has 2 bridgehead atoms. The molecule has 1 N–H and O–H groups in total. The highest BCUT2D eigenvalue weighted by atomic mass is 17.2. The Morgan fingerprint density at radius 1 is 1.13 bits per heavy atom. The quantitative estimate of drug-likeness (QED) is 0.497. The smallest absolute Gasteiger partial charge is 0.141 e. The summed E-state index contributed by atoms with van der Waals surface area (Å²) >= 11 is 0. The summed E-state index contributed by atoms with van der Waals surface area (Å²) in [7, 11) is 2.41. The van der Waals surface area contributed by atoms with Crippen LogP contribution in [0.3, 0.4) is 0 Å². The second-order valence-electron chi connectivity index (χ2n) is 7.57. The van der Waals surface area contributed by atoms with Crippen molar-refractivity contribution < 1.29 is 19.4 Å². The number of quaternary nitrogens is 1. The minimum absolute atomic E-state index is 0.0661. The molecule has 2 aliphatic heterocycles. The normalized spacial score (nSPS) is 34.7. The van der Waals surface area contributed by atoms with Gasteiger partial charge in [-0.2, -0.15) is 0 Å². The Morgan fingerprint density at radius 3 is 2.26 bits per heavy atom. The van der Waals surface area contributed by atoms with Gasteiger partial charge in [0.05, 0.1) is 31.8 Å². The van der Waals surface area contributed by atoms with Crippen molar-refractivity contribution in [2.75, 3.05) is 13.7 Å². The number of piperidine rings is 1. The molecule has 4 heteroatoms. The van der Waals surface area contributed by atoms with Gasteiger partial charge in [-0.1, -0.05) is 30.3 Å². The second-order valence-corrected chi connectivity index (χ2v) is 7.57. The van der Waals surface area contributed by atoms with E-state index in [1.807, 2.05) is 30.3 Å². The highest BCUT2D eigenvalue weighted by Crippen LogP contribution is 2.44. The molecule has 3 unspecified atom stereocenters. The molecule has 1 aromatic carbocycles. The van der Waals surface area contributed by atoms with Crippen LogP contribution in [0.25, 0.3) is 0 Å². The van der Waals surface area contributed by atoms with Crippen LogP contribution in [0.5, 0.6) is 0 Å². The van der Waals surface area contributed by atoms with Gasteiger partial charge >= 0.3 is 0 Å². The third-order valence-corrected chi connectivity index (χ3v) is 6.23. The molecular weight excluding hydrogens is 290 g/mol. The third kappa shape index (κ3) is 3.18. The molecule has 2 saturated heterocycles. The fraction of sp³-hybridized carbons (Fsp3) is 0.684. The van der Waals surface area contributed by atoms with Crippen molar-refractivity contribution in [1.82, 2.24) is 0 Å². The van der Waals surface area contributed by atoms with Crippen molar-refractivity contribution in [3.05, 3.63) is 35.9 Å². The summed E-state index contributed by atoms with van der Waals surface area (Å²) in [6, 6.07) is 11.8. The molecule has 0 amide bonds. The number of rotatable bonds is 6. The summed E-state index contributed by atoms with van der Waals surface area (Å²) in [5.41, 5.74) is 0.955. The molecule has 0 radical (unpaired) electrons. The van der Waals surface area contributed by atoms with Crippen LogP contribution in [-0.2, 0) is 9.78 Å². The van der Waals surface area contributed by atoms with Crippen LogP contribution in [0.15, 0.2) is 30.3 Å². The first kappa shape index (κ1) is 16.9. The van der Waals surface area contributed by atoms with E-state index in [9.17, 15) is 5.11 Å². The van der Waals surface area contributed by atoms with E-state index in [1.54, 1.807) is 0 Å². The van der Waals surface area contributed by atoms with Gasteiger partial charge in [-0.15, -0.1) is 0 Å². The zero-order valence-corrected chi connectivity index (χ0v) is 14.5. The second kappa shape index (κ2) is 6.89. The number of hydrogen-bond acceptors (Lipinski definition) is 3. The first-order chi connectivity index (χ1) is 11.1. The minimum Gasteiger partial charge on any atom is -0.393 e. The minimum atomic E-state index is -0.401. The molecule has 2 heterocycles. The maximum Gasteiger partial charge on any atom is 0.141 e. The van der Waals surface area contributed by atoms with Crippen molar-refractivity contribution in [3.63, 3.8) is 0 Å². The fourth-order valence-electron chi connectivity index (χ4n) is 4.56. The van der Waals surface area contributed by atoms with Crippen molar-refractivity contribution in [2.24, 2.45) is 0 Å². The number of nitrogens with zero attached hydrogens (tertiary/aromatic N) is 1. The first-order valence-electron chi connectivity index (χ1n) is 8.89. The van der Waals surface area contributed by atoms with E-state index in [2.05, 4.69) is 20.9 Å². The van der Waals surface area contributed by atoms with Crippen LogP contribution in [0.2, 0.25) is 0 Å². The predicted molar refractivity (Wildman–Crippen MR) is 89.6 cm³/mol. The molecule has 3 rings (SSSR count). The molecule has 0 spiro atoms. The Labute approximate surface area is 139 Å². The van der Waals surface area contributed by atoms with E-state index in [1.165, 1.54) is 17.3 Å². The van der Waals surface area contributed by atoms with E-state index < -0.39 is 6.10 Å². The van der Waals surface area contributed by atoms with Crippen LogP contribution in [-0.4, -0.2) is 47.5 Å². The molecule has 3 atom stereocenters. The zero-order valence-electron chi connectivity index (χ0n) is 14.5. The van der Waals surface area contributed by atoms with E-state index in [-0.39, 0.29) is 12.7 Å². The van der Waals surface area contributed by atoms with Gasteiger partial charge in [0.2, 0.25) is 0 Å². The SMILES string of the molecule is CC(C)[N+]1(C)C2CCC1CC(OOC(CO)c1ccccc1)C2. The average Bonchev–Trinajstić information content (AvgIpc) is 2.75. The first-order valence-corrected chi connectivity index (χ1v) is 8.89. The van der Waals surface area contributed by atoms with Gasteiger partial charge in [-0.05, 0) is 19.4 Å². The van der Waals surface area contributed by atoms with Crippen LogP contribution < -0.4 is 0 Å². The van der Waals surface area contributed by atoms with E-state index in [4.69, 9.17) is 9.78 Å². The lowest BCUT2D eigenvalue weighted by Crippen LogP contribution is -2.62. The van der Waals surface area contributed by atoms with Crippen LogP contribution in [0.1, 0.15) is 51.2 Å². The largest absolute Gasteiger partial charge is 0.393 e. The third-order valence-electron chi connectivity index (χ3n) is 6.23. The van der Waals surface area contributed by atoms with Crippen LogP contribution in [0.4, 0.5) is 0 Å². The number of benzene rings is 1. The molecule has 128 valence electrons. The number of hydrogen-bond donors (Lipinski definition) is 1. The Hall–Kier alpha value is -0.940. The highest BCUT2D eigenvalue weighted by Gasteiger charge is 2.53. The lowest BCUT2D eigenvalue weighted by Gasteiger charge is -2.49. The van der Waals surface area contributed by atoms with Crippen molar-refractivity contribution in [1.29, 1.82) is 0 Å². The monoisotopic (exact) mass is 320 g/mol. The zero-order chi connectivity index (χ0) is 16.4. The molecular formula is C19H30NO3+. The maximum atomic E-state index is 9.57. The summed E-state index contributed by atoms with van der Waals surface area (Å²) in [6.45, 7) is 4.60. The molecule has 0 aromatic heterocycles. The van der Waals surface area contributed by atoms with E-state index >= 15 is 0 Å². The Bertz CT molecular complexity index is 491. The molecule has 23 heavy (non-hydrogen) atoms. The van der Waals surface area contributed by atoms with E-state index in [0.717, 1.165) is 18.4 Å². The van der Waals surface area contributed by atoms with Gasteiger partial charge in [-0.25, -0.2) is 9.78 Å². The lowest BCUT2D eigenvalue weighted by molar-refractivity contribution is -0.968. The summed E-state index contributed by atoms with van der Waals surface area (Å²) in [4.78, 5) is 11.4. The number of aliphatic hydroxyl groups excluding tert-OH is 1. The number of aliphatic hydroxyl groups is 1. The fourth-order valence-corrected chi connectivity index (χ4v) is 4.56. The van der Waals surface area contributed by atoms with Gasteiger partial charge < -0.3 is 9.59 Å². The molecule has 2 fully saturated rings. The summed E-state index contributed by atoms with van der Waals surface area (Å²) in [6.07, 6.45) is 4.44. The van der Waals surface area contributed by atoms with Crippen molar-refractivity contribution in [3.8, 4) is 0 Å². The Kier molecular flexibility index (Phi) is 5.07. The molecule has 2 aliphatic rings. The maximum absolute atomic E-state index is 9.57. The Balaban J connectivity index is 1.59. The topological polar surface area (TPSA) is 38.7 Å². The molecule has 1 aromatic rings. The van der Waals surface area contributed by atoms with Crippen molar-refractivity contribution in [2.45, 2.75) is 69.9 Å². The standard InChI is InChI=1S/C19H30NO3/c1-14(2)20(3)16-9-10-17(20)12-18(11-16)22-23-19(13-21)15-7-5-4-6-8-15/h4-8,14,16-19,21H,9-13H2,1-3H3/q+1. The van der Waals surface area contributed by atoms with E-state index in [0.29, 0.717) is 18.1 Å². The van der Waals surface area contributed by atoms with Gasteiger partial charge in [-0.3, -0.25) is 0 Å². The van der Waals surface area contributed by atoms with Crippen LogP contribution in [0, 0.1) is 0 Å². The predicted octanol–water partition coefficient (Wildman–Crippen LogP) is 3.22. The molecule has 0 aliphatic carbocycles.